The number of imide groups is 1. The summed E-state index contributed by atoms with van der Waals surface area (Å²) in [5, 5.41) is 5.30. The van der Waals surface area contributed by atoms with E-state index in [1.54, 1.807) is 6.92 Å². The van der Waals surface area contributed by atoms with Crippen molar-refractivity contribution in [2.24, 2.45) is 5.92 Å². The second-order valence-corrected chi connectivity index (χ2v) is 11.0. The third-order valence-corrected chi connectivity index (χ3v) is 8.19. The number of fused-ring (bicyclic) bond motifs is 1. The number of benzene rings is 1. The van der Waals surface area contributed by atoms with Gasteiger partial charge in [-0.1, -0.05) is 19.9 Å². The van der Waals surface area contributed by atoms with Crippen molar-refractivity contribution in [3.8, 4) is 0 Å². The number of anilines is 1. The summed E-state index contributed by atoms with van der Waals surface area (Å²) >= 11 is 1.31. The largest absolute Gasteiger partial charge is 0.450 e. The summed E-state index contributed by atoms with van der Waals surface area (Å²) in [6.45, 7) is 5.42. The molecule has 8 nitrogen and oxygen atoms in total. The Kier molecular flexibility index (Phi) is 7.35. The first-order valence-electron chi connectivity index (χ1n) is 10.4. The van der Waals surface area contributed by atoms with E-state index in [9.17, 15) is 22.8 Å². The first kappa shape index (κ1) is 23.9. The minimum absolute atomic E-state index is 0.0622. The van der Waals surface area contributed by atoms with Gasteiger partial charge in [-0.05, 0) is 55.9 Å². The summed E-state index contributed by atoms with van der Waals surface area (Å²) in [4.78, 5) is 38.7. The molecule has 1 aliphatic rings. The number of carbonyl (C=O) groups is 3. The zero-order valence-corrected chi connectivity index (χ0v) is 19.8. The molecule has 1 aromatic carbocycles. The van der Waals surface area contributed by atoms with Crippen LogP contribution in [0.3, 0.4) is 0 Å². The van der Waals surface area contributed by atoms with Crippen molar-refractivity contribution in [1.29, 1.82) is 0 Å². The van der Waals surface area contributed by atoms with E-state index in [4.69, 9.17) is 4.74 Å². The number of carbonyl (C=O) groups excluding carboxylic acids is 3. The number of rotatable bonds is 6. The molecule has 2 aromatic rings. The highest BCUT2D eigenvalue weighted by Crippen LogP contribution is 2.40. The Hall–Kier alpha value is -2.72. The molecule has 0 aliphatic heterocycles. The maximum absolute atomic E-state index is 12.9. The minimum Gasteiger partial charge on any atom is -0.450 e. The van der Waals surface area contributed by atoms with E-state index in [0.717, 1.165) is 23.3 Å². The Labute approximate surface area is 191 Å². The topological polar surface area (TPSA) is 119 Å². The number of alkyl carbamates (subject to hydrolysis) is 1. The van der Waals surface area contributed by atoms with E-state index in [0.29, 0.717) is 17.3 Å². The average Bonchev–Trinajstić information content (AvgIpc) is 3.10. The Morgan fingerprint density at radius 3 is 2.62 bits per heavy atom. The molecule has 32 heavy (non-hydrogen) atoms. The van der Waals surface area contributed by atoms with Crippen molar-refractivity contribution in [2.45, 2.75) is 44.9 Å². The van der Waals surface area contributed by atoms with Gasteiger partial charge in [0.15, 0.2) is 9.84 Å². The van der Waals surface area contributed by atoms with Crippen LogP contribution >= 0.6 is 11.3 Å². The molecule has 172 valence electrons. The number of hydrogen-bond acceptors (Lipinski definition) is 7. The second kappa shape index (κ2) is 9.83. The number of sulfone groups is 1. The van der Waals surface area contributed by atoms with Crippen LogP contribution in [0.15, 0.2) is 29.2 Å². The van der Waals surface area contributed by atoms with E-state index in [1.807, 2.05) is 0 Å². The van der Waals surface area contributed by atoms with Gasteiger partial charge in [-0.2, -0.15) is 0 Å². The number of hydrogen-bond donors (Lipinski definition) is 2. The van der Waals surface area contributed by atoms with Gasteiger partial charge >= 0.3 is 6.09 Å². The molecule has 0 saturated carbocycles. The maximum Gasteiger partial charge on any atom is 0.414 e. The van der Waals surface area contributed by atoms with Gasteiger partial charge in [-0.25, -0.2) is 13.2 Å². The van der Waals surface area contributed by atoms with Crippen molar-refractivity contribution in [3.05, 3.63) is 45.8 Å². The van der Waals surface area contributed by atoms with E-state index < -0.39 is 27.7 Å². The van der Waals surface area contributed by atoms with Crippen molar-refractivity contribution >= 4 is 44.1 Å². The van der Waals surface area contributed by atoms with Gasteiger partial charge in [0.05, 0.1) is 22.8 Å². The number of thiophene rings is 1. The molecule has 2 N–H and O–H groups in total. The van der Waals surface area contributed by atoms with E-state index >= 15 is 0 Å². The predicted octanol–water partition coefficient (Wildman–Crippen LogP) is 3.81. The fourth-order valence-electron chi connectivity index (χ4n) is 3.57. The highest BCUT2D eigenvalue weighted by atomic mass is 32.2. The summed E-state index contributed by atoms with van der Waals surface area (Å²) in [6, 6.07) is 5.78. The molecule has 1 aliphatic carbocycles. The van der Waals surface area contributed by atoms with Gasteiger partial charge in [0.2, 0.25) is 0 Å². The van der Waals surface area contributed by atoms with Crippen molar-refractivity contribution in [2.75, 3.05) is 17.7 Å². The fourth-order valence-corrected chi connectivity index (χ4v) is 5.90. The normalized spacial score (nSPS) is 15.5. The molecule has 1 unspecified atom stereocenters. The number of nitrogens with one attached hydrogen (secondary N) is 2. The fraction of sp³-hybridized carbons (Fsp3) is 0.409. The molecule has 0 bridgehead atoms. The molecular weight excluding hydrogens is 452 g/mol. The average molecular weight is 479 g/mol. The van der Waals surface area contributed by atoms with Gasteiger partial charge in [0.1, 0.15) is 5.00 Å². The summed E-state index contributed by atoms with van der Waals surface area (Å²) in [7, 11) is -3.47. The molecule has 3 amide bonds. The van der Waals surface area contributed by atoms with Crippen LogP contribution in [0.1, 0.15) is 58.3 Å². The Balaban J connectivity index is 1.94. The van der Waals surface area contributed by atoms with Crippen LogP contribution in [0.4, 0.5) is 9.80 Å². The van der Waals surface area contributed by atoms with Gasteiger partial charge in [-0.15, -0.1) is 11.3 Å². The molecular formula is C22H26N2O6S2. The van der Waals surface area contributed by atoms with Gasteiger partial charge < -0.3 is 10.1 Å². The molecule has 0 saturated heterocycles. The lowest BCUT2D eigenvalue weighted by Gasteiger charge is -2.18. The molecule has 1 heterocycles. The molecule has 1 aromatic heterocycles. The molecule has 10 heteroatoms. The Morgan fingerprint density at radius 2 is 1.94 bits per heavy atom. The van der Waals surface area contributed by atoms with E-state index in [2.05, 4.69) is 17.6 Å². The molecule has 0 fully saturated rings. The highest BCUT2D eigenvalue weighted by Gasteiger charge is 2.29. The van der Waals surface area contributed by atoms with Crippen LogP contribution in [0.25, 0.3) is 0 Å². The standard InChI is InChI=1S/C22H26N2O6S2/c1-4-30-22(27)24-20(26)18-16-10-9-13(3)11-17(16)31-21(18)23-19(25)14-7-6-8-15(12-14)32(28,29)5-2/h6-8,12-13H,4-5,9-11H2,1-3H3,(H,23,25)(H,24,26,27). The van der Waals surface area contributed by atoms with Crippen molar-refractivity contribution in [3.63, 3.8) is 0 Å². The van der Waals surface area contributed by atoms with Crippen molar-refractivity contribution < 1.29 is 27.5 Å². The summed E-state index contributed by atoms with van der Waals surface area (Å²) in [6.07, 6.45) is 1.49. The van der Waals surface area contributed by atoms with Crippen LogP contribution in [-0.4, -0.2) is 38.7 Å². The lowest BCUT2D eigenvalue weighted by molar-refractivity contribution is 0.0925. The van der Waals surface area contributed by atoms with Crippen LogP contribution < -0.4 is 10.6 Å². The van der Waals surface area contributed by atoms with Crippen LogP contribution in [0.5, 0.6) is 0 Å². The first-order valence-corrected chi connectivity index (χ1v) is 12.9. The highest BCUT2D eigenvalue weighted by molar-refractivity contribution is 7.91. The first-order chi connectivity index (χ1) is 15.2. The molecule has 0 radical (unpaired) electrons. The SMILES string of the molecule is CCOC(=O)NC(=O)c1c(NC(=O)c2cccc(S(=O)(=O)CC)c2)sc2c1CCC(C)C2. The van der Waals surface area contributed by atoms with Gasteiger partial charge in [-0.3, -0.25) is 14.9 Å². The third kappa shape index (κ3) is 5.18. The number of amides is 3. The quantitative estimate of drug-likeness (QED) is 0.652. The van der Waals surface area contributed by atoms with Crippen LogP contribution in [-0.2, 0) is 27.4 Å². The number of ether oxygens (including phenoxy) is 1. The van der Waals surface area contributed by atoms with Crippen molar-refractivity contribution in [1.82, 2.24) is 5.32 Å². The smallest absolute Gasteiger partial charge is 0.414 e. The zero-order chi connectivity index (χ0) is 23.5. The summed E-state index contributed by atoms with van der Waals surface area (Å²) < 4.78 is 29.1. The zero-order valence-electron chi connectivity index (χ0n) is 18.2. The molecule has 3 rings (SSSR count). The Bertz CT molecular complexity index is 1150. The lowest BCUT2D eigenvalue weighted by Crippen LogP contribution is -2.32. The minimum atomic E-state index is -3.47. The summed E-state index contributed by atoms with van der Waals surface area (Å²) in [5.41, 5.74) is 1.25. The lowest BCUT2D eigenvalue weighted by atomic mass is 9.88. The van der Waals surface area contributed by atoms with Gasteiger partial charge in [0, 0.05) is 10.4 Å². The predicted molar refractivity (Wildman–Crippen MR) is 122 cm³/mol. The third-order valence-electron chi connectivity index (χ3n) is 5.29. The Morgan fingerprint density at radius 1 is 1.19 bits per heavy atom. The van der Waals surface area contributed by atoms with Crippen LogP contribution in [0.2, 0.25) is 0 Å². The monoisotopic (exact) mass is 478 g/mol. The summed E-state index contributed by atoms with van der Waals surface area (Å²) in [5.74, 6) is -0.795. The van der Waals surface area contributed by atoms with Crippen LogP contribution in [0, 0.1) is 5.92 Å². The van der Waals surface area contributed by atoms with E-state index in [-0.39, 0.29) is 28.4 Å². The van der Waals surface area contributed by atoms with E-state index in [1.165, 1.54) is 42.5 Å². The maximum atomic E-state index is 12.9. The second-order valence-electron chi connectivity index (χ2n) is 7.62. The van der Waals surface area contributed by atoms with Gasteiger partial charge in [0.25, 0.3) is 11.8 Å². The molecule has 1 atom stereocenters. The molecule has 0 spiro atoms.